The van der Waals surface area contributed by atoms with Gasteiger partial charge >= 0.3 is 0 Å². The summed E-state index contributed by atoms with van der Waals surface area (Å²) in [5.74, 6) is 0.828. The van der Waals surface area contributed by atoms with Gasteiger partial charge in [0.1, 0.15) is 5.82 Å². The van der Waals surface area contributed by atoms with E-state index < -0.39 is 5.82 Å². The second kappa shape index (κ2) is 5.24. The predicted octanol–water partition coefficient (Wildman–Crippen LogP) is 0.0256. The smallest absolute Gasteiger partial charge is 0.264 e. The molecule has 1 saturated heterocycles. The van der Waals surface area contributed by atoms with Crippen molar-refractivity contribution >= 4 is 11.8 Å². The molecule has 0 radical (unpaired) electrons. The number of piperazine rings is 1. The van der Waals surface area contributed by atoms with Gasteiger partial charge in [0.25, 0.3) is 5.56 Å². The molecule has 8 heteroatoms. The molecule has 0 atom stereocenters. The van der Waals surface area contributed by atoms with E-state index in [9.17, 15) is 9.18 Å². The number of aromatic amines is 1. The van der Waals surface area contributed by atoms with Gasteiger partial charge in [-0.3, -0.25) is 4.79 Å². The zero-order valence-corrected chi connectivity index (χ0v) is 10.7. The van der Waals surface area contributed by atoms with Gasteiger partial charge in [-0.15, -0.1) is 0 Å². The molecule has 2 aromatic rings. The fourth-order valence-corrected chi connectivity index (χ4v) is 2.12. The van der Waals surface area contributed by atoms with Crippen LogP contribution in [0.2, 0.25) is 0 Å². The average molecular weight is 276 g/mol. The van der Waals surface area contributed by atoms with E-state index >= 15 is 0 Å². The molecule has 0 bridgehead atoms. The summed E-state index contributed by atoms with van der Waals surface area (Å²) in [7, 11) is 0. The monoisotopic (exact) mass is 276 g/mol. The predicted molar refractivity (Wildman–Crippen MR) is 71.3 cm³/mol. The molecule has 0 aromatic carbocycles. The standard InChI is InChI=1S/C12H13FN6O/c13-9-7-14-12(15-8-9)19-5-3-18(4-6-19)10-1-2-11(20)17-16-10/h1-2,7-8H,3-6H2,(H,17,20). The average Bonchev–Trinajstić information content (AvgIpc) is 2.49. The van der Waals surface area contributed by atoms with Crippen LogP contribution in [0.4, 0.5) is 16.2 Å². The van der Waals surface area contributed by atoms with Crippen LogP contribution in [0.25, 0.3) is 0 Å². The highest BCUT2D eigenvalue weighted by atomic mass is 19.1. The molecule has 3 heterocycles. The number of aromatic nitrogens is 4. The summed E-state index contributed by atoms with van der Waals surface area (Å²) in [6.07, 6.45) is 2.33. The molecular weight excluding hydrogens is 263 g/mol. The highest BCUT2D eigenvalue weighted by Crippen LogP contribution is 2.14. The maximum atomic E-state index is 12.8. The van der Waals surface area contributed by atoms with Crippen LogP contribution in [0.1, 0.15) is 0 Å². The second-order valence-electron chi connectivity index (χ2n) is 4.45. The van der Waals surface area contributed by atoms with Gasteiger partial charge in [0.15, 0.2) is 5.82 Å². The van der Waals surface area contributed by atoms with Crippen molar-refractivity contribution < 1.29 is 4.39 Å². The van der Waals surface area contributed by atoms with E-state index in [0.29, 0.717) is 19.0 Å². The molecule has 1 aliphatic heterocycles. The molecule has 2 aromatic heterocycles. The van der Waals surface area contributed by atoms with Gasteiger partial charge < -0.3 is 9.80 Å². The zero-order chi connectivity index (χ0) is 13.9. The van der Waals surface area contributed by atoms with E-state index in [-0.39, 0.29) is 5.56 Å². The third-order valence-electron chi connectivity index (χ3n) is 3.16. The fraction of sp³-hybridized carbons (Fsp3) is 0.333. The van der Waals surface area contributed by atoms with Crippen LogP contribution in [0.5, 0.6) is 0 Å². The van der Waals surface area contributed by atoms with E-state index in [1.165, 1.54) is 6.07 Å². The Balaban J connectivity index is 1.66. The number of hydrogen-bond donors (Lipinski definition) is 1. The van der Waals surface area contributed by atoms with Crippen molar-refractivity contribution in [2.45, 2.75) is 0 Å². The minimum Gasteiger partial charge on any atom is -0.352 e. The quantitative estimate of drug-likeness (QED) is 0.833. The SMILES string of the molecule is O=c1ccc(N2CCN(c3ncc(F)cn3)CC2)n[nH]1. The summed E-state index contributed by atoms with van der Waals surface area (Å²) in [5.41, 5.74) is -0.216. The Bertz CT molecular complexity index is 615. The number of halogens is 1. The van der Waals surface area contributed by atoms with Gasteiger partial charge in [-0.25, -0.2) is 19.5 Å². The highest BCUT2D eigenvalue weighted by molar-refractivity contribution is 5.40. The van der Waals surface area contributed by atoms with Crippen molar-refractivity contribution in [3.63, 3.8) is 0 Å². The maximum absolute atomic E-state index is 12.8. The maximum Gasteiger partial charge on any atom is 0.264 e. The second-order valence-corrected chi connectivity index (χ2v) is 4.45. The van der Waals surface area contributed by atoms with Crippen molar-refractivity contribution in [2.24, 2.45) is 0 Å². The van der Waals surface area contributed by atoms with Crippen LogP contribution < -0.4 is 15.4 Å². The zero-order valence-electron chi connectivity index (χ0n) is 10.7. The molecule has 0 amide bonds. The Labute approximate surface area is 114 Å². The summed E-state index contributed by atoms with van der Waals surface area (Å²) in [5, 5.41) is 6.42. The van der Waals surface area contributed by atoms with E-state index in [1.807, 2.05) is 4.90 Å². The van der Waals surface area contributed by atoms with Gasteiger partial charge in [-0.05, 0) is 6.07 Å². The van der Waals surface area contributed by atoms with Crippen LogP contribution >= 0.6 is 0 Å². The molecule has 1 fully saturated rings. The number of nitrogens with zero attached hydrogens (tertiary/aromatic N) is 5. The van der Waals surface area contributed by atoms with Crippen LogP contribution in [-0.4, -0.2) is 46.3 Å². The van der Waals surface area contributed by atoms with E-state index in [2.05, 4.69) is 25.1 Å². The first-order valence-electron chi connectivity index (χ1n) is 6.25. The lowest BCUT2D eigenvalue weighted by atomic mass is 10.3. The molecule has 20 heavy (non-hydrogen) atoms. The van der Waals surface area contributed by atoms with Gasteiger partial charge in [0, 0.05) is 32.2 Å². The van der Waals surface area contributed by atoms with Crippen molar-refractivity contribution in [3.05, 3.63) is 40.7 Å². The first-order valence-corrected chi connectivity index (χ1v) is 6.25. The van der Waals surface area contributed by atoms with Crippen LogP contribution in [0.15, 0.2) is 29.3 Å². The summed E-state index contributed by atoms with van der Waals surface area (Å²) in [6.45, 7) is 2.90. The van der Waals surface area contributed by atoms with E-state index in [1.54, 1.807) is 6.07 Å². The van der Waals surface area contributed by atoms with Gasteiger partial charge in [0.05, 0.1) is 12.4 Å². The minimum absolute atomic E-state index is 0.216. The first kappa shape index (κ1) is 12.5. The van der Waals surface area contributed by atoms with Crippen molar-refractivity contribution in [2.75, 3.05) is 36.0 Å². The summed E-state index contributed by atoms with van der Waals surface area (Å²) in [6, 6.07) is 3.15. The van der Waals surface area contributed by atoms with Gasteiger partial charge in [-0.1, -0.05) is 0 Å². The van der Waals surface area contributed by atoms with Crippen LogP contribution in [0.3, 0.4) is 0 Å². The number of nitrogens with one attached hydrogen (secondary N) is 1. The Morgan fingerprint density at radius 3 is 2.30 bits per heavy atom. The third kappa shape index (κ3) is 2.58. The lowest BCUT2D eigenvalue weighted by Crippen LogP contribution is -2.47. The van der Waals surface area contributed by atoms with Crippen molar-refractivity contribution in [1.29, 1.82) is 0 Å². The number of H-pyrrole nitrogens is 1. The fourth-order valence-electron chi connectivity index (χ4n) is 2.12. The Kier molecular flexibility index (Phi) is 3.28. The molecule has 0 spiro atoms. The lowest BCUT2D eigenvalue weighted by molar-refractivity contribution is 0.600. The molecule has 1 N–H and O–H groups in total. The molecule has 1 aliphatic rings. The Morgan fingerprint density at radius 2 is 1.70 bits per heavy atom. The molecule has 3 rings (SSSR count). The molecule has 7 nitrogen and oxygen atoms in total. The molecule has 0 unspecified atom stereocenters. The van der Waals surface area contributed by atoms with Gasteiger partial charge in [0.2, 0.25) is 5.95 Å². The van der Waals surface area contributed by atoms with Crippen molar-refractivity contribution in [1.82, 2.24) is 20.2 Å². The minimum atomic E-state index is -0.440. The van der Waals surface area contributed by atoms with E-state index in [0.717, 1.165) is 31.3 Å². The molecule has 104 valence electrons. The largest absolute Gasteiger partial charge is 0.352 e. The topological polar surface area (TPSA) is 78.0 Å². The summed E-state index contributed by atoms with van der Waals surface area (Å²) >= 11 is 0. The van der Waals surface area contributed by atoms with E-state index in [4.69, 9.17) is 0 Å². The Hall–Kier alpha value is -2.51. The summed E-state index contributed by atoms with van der Waals surface area (Å²) < 4.78 is 12.8. The van der Waals surface area contributed by atoms with Crippen LogP contribution in [-0.2, 0) is 0 Å². The lowest BCUT2D eigenvalue weighted by Gasteiger charge is -2.35. The van der Waals surface area contributed by atoms with Crippen LogP contribution in [0, 0.1) is 5.82 Å². The van der Waals surface area contributed by atoms with Crippen molar-refractivity contribution in [3.8, 4) is 0 Å². The highest BCUT2D eigenvalue weighted by Gasteiger charge is 2.19. The number of rotatable bonds is 2. The first-order chi connectivity index (χ1) is 9.72. The number of hydrogen-bond acceptors (Lipinski definition) is 6. The molecular formula is C12H13FN6O. The normalized spacial score (nSPS) is 15.4. The molecule has 0 saturated carbocycles. The van der Waals surface area contributed by atoms with Gasteiger partial charge in [-0.2, -0.15) is 5.10 Å². The molecule has 0 aliphatic carbocycles. The third-order valence-corrected chi connectivity index (χ3v) is 3.16. The summed E-state index contributed by atoms with van der Waals surface area (Å²) in [4.78, 5) is 23.0. The Morgan fingerprint density at radius 1 is 1.05 bits per heavy atom. The number of anilines is 2.